The zero-order valence-electron chi connectivity index (χ0n) is 39.9. The van der Waals surface area contributed by atoms with E-state index in [9.17, 15) is 33.7 Å². The molecule has 0 aliphatic carbocycles. The molecule has 0 atom stereocenters. The monoisotopic (exact) mass is 1130 g/mol. The Kier molecular flexibility index (Phi) is 97.3. The first-order chi connectivity index (χ1) is 27.5. The van der Waals surface area contributed by atoms with E-state index in [0.717, 1.165) is 0 Å². The maximum atomic E-state index is 9.56. The Hall–Kier alpha value is -2.79. The van der Waals surface area contributed by atoms with Gasteiger partial charge in [0.05, 0.1) is 23.0 Å². The van der Waals surface area contributed by atoms with Gasteiger partial charge in [-0.05, 0) is 27.7 Å². The molecule has 366 valence electrons. The van der Waals surface area contributed by atoms with Gasteiger partial charge in [-0.1, -0.05) is 220 Å². The number of benzene rings is 4. The summed E-state index contributed by atoms with van der Waals surface area (Å²) in [5.74, 6) is -0.806. The van der Waals surface area contributed by atoms with Gasteiger partial charge in [-0.2, -0.15) is 33.7 Å². The van der Waals surface area contributed by atoms with E-state index in [4.69, 9.17) is 18.2 Å². The van der Waals surface area contributed by atoms with Crippen LogP contribution in [-0.2, 0) is 61.5 Å². The molecule has 62 heavy (non-hydrogen) atoms. The fraction of sp³-hybridized carbons (Fsp3) is 0.422. The Bertz CT molecular complexity index is 1320. The first-order valence-corrected chi connectivity index (χ1v) is 25.7. The summed E-state index contributed by atoms with van der Waals surface area (Å²) in [5.41, 5.74) is 0. The summed E-state index contributed by atoms with van der Waals surface area (Å²) < 4.78 is 108. The van der Waals surface area contributed by atoms with Gasteiger partial charge in [-0.15, -0.1) is 0 Å². The minimum atomic E-state index is -3.66. The Morgan fingerprint density at radius 1 is 0.258 bits per heavy atom. The summed E-state index contributed by atoms with van der Waals surface area (Å²) in [6, 6.07) is 48.0. The smallest absolute Gasteiger partial charge is 0.358 e. The number of hydrogen-bond donors (Lipinski definition) is 4. The molecule has 0 aliphatic rings. The molecule has 4 aromatic rings. The Balaban J connectivity index is -0.0000000512. The van der Waals surface area contributed by atoms with Crippen molar-refractivity contribution >= 4 is 40.5 Å². The van der Waals surface area contributed by atoms with E-state index in [1.54, 1.807) is 0 Å². The molecule has 0 saturated carbocycles. The van der Waals surface area contributed by atoms with E-state index in [1.165, 1.54) is 47.0 Å². The van der Waals surface area contributed by atoms with Crippen molar-refractivity contribution in [3.8, 4) is 0 Å². The van der Waals surface area contributed by atoms with Gasteiger partial charge in [0.2, 0.25) is 0 Å². The van der Waals surface area contributed by atoms with Crippen LogP contribution >= 0.6 is 0 Å². The van der Waals surface area contributed by atoms with Crippen molar-refractivity contribution in [3.05, 3.63) is 160 Å². The van der Waals surface area contributed by atoms with E-state index in [1.807, 2.05) is 159 Å². The third kappa shape index (κ3) is 164. The molecule has 0 heterocycles. The van der Waals surface area contributed by atoms with Crippen LogP contribution in [0.3, 0.4) is 0 Å². The van der Waals surface area contributed by atoms with Gasteiger partial charge in [0, 0.05) is 0 Å². The summed E-state index contributed by atoms with van der Waals surface area (Å²) in [7, 11) is -14.6. The molecule has 0 radical (unpaired) electrons. The maximum Gasteiger partial charge on any atom is 2.00 e. The summed E-state index contributed by atoms with van der Waals surface area (Å²) in [5, 5.41) is 0. The zero-order chi connectivity index (χ0) is 47.9. The van der Waals surface area contributed by atoms with E-state index < -0.39 is 40.5 Å². The van der Waals surface area contributed by atoms with Gasteiger partial charge in [-0.3, -0.25) is 18.2 Å². The summed E-state index contributed by atoms with van der Waals surface area (Å²) in [6.07, 6.45) is 3.75. The fourth-order valence-electron chi connectivity index (χ4n) is 1.54. The van der Waals surface area contributed by atoms with Gasteiger partial charge in [0.15, 0.2) is 0 Å². The molecule has 0 fully saturated rings. The molecule has 0 aliphatic heterocycles. The van der Waals surface area contributed by atoms with Gasteiger partial charge >= 0.3 is 21.1 Å². The van der Waals surface area contributed by atoms with Gasteiger partial charge in [0.1, 0.15) is 0 Å². The van der Waals surface area contributed by atoms with E-state index in [2.05, 4.69) is 41.5 Å². The number of rotatable bonds is 4. The Labute approximate surface area is 396 Å². The zero-order valence-corrected chi connectivity index (χ0v) is 46.1. The minimum Gasteiger partial charge on any atom is -0.358 e. The normalized spacial score (nSPS) is 8.58. The predicted molar refractivity (Wildman–Crippen MR) is 266 cm³/mol. The molecule has 12 nitrogen and oxygen atoms in total. The molecule has 0 bridgehead atoms. The molecule has 0 spiro atoms. The maximum absolute atomic E-state index is 9.56. The first kappa shape index (κ1) is 86.3. The second-order valence-electron chi connectivity index (χ2n) is 10.2. The fourth-order valence-corrected chi connectivity index (χ4v) is 1.54. The first-order valence-electron chi connectivity index (χ1n) is 19.3. The van der Waals surface area contributed by atoms with Crippen LogP contribution in [0.25, 0.3) is 0 Å². The average molecular weight is 1130 g/mol. The molecule has 4 aromatic carbocycles. The molecule has 0 amide bonds. The van der Waals surface area contributed by atoms with Crippen molar-refractivity contribution in [2.24, 2.45) is 0 Å². The molecule has 17 heteroatoms. The summed E-state index contributed by atoms with van der Waals surface area (Å²) in [6.45, 7) is 22.2. The molecule has 0 aromatic heterocycles. The third-order valence-corrected chi connectivity index (χ3v) is 7.04. The van der Waals surface area contributed by atoms with Crippen LogP contribution in [0.4, 0.5) is 0 Å². The topological polar surface area (TPSA) is 217 Å². The van der Waals surface area contributed by atoms with E-state index in [0.29, 0.717) is 0 Å². The van der Waals surface area contributed by atoms with Crippen LogP contribution in [0.2, 0.25) is 0 Å². The van der Waals surface area contributed by atoms with Crippen molar-refractivity contribution in [3.63, 3.8) is 0 Å². The van der Waals surface area contributed by atoms with Crippen LogP contribution < -0.4 is 0 Å². The Morgan fingerprint density at radius 2 is 0.290 bits per heavy atom. The van der Waals surface area contributed by atoms with Crippen LogP contribution in [-0.4, -0.2) is 74.9 Å². The summed E-state index contributed by atoms with van der Waals surface area (Å²) >= 11 is 0. The molecule has 4 N–H and O–H groups in total. The third-order valence-electron chi connectivity index (χ3n) is 4.13. The summed E-state index contributed by atoms with van der Waals surface area (Å²) in [4.78, 5) is 0. The van der Waals surface area contributed by atoms with Gasteiger partial charge in [0.25, 0.3) is 40.5 Å². The molecular weight excluding hydrogens is 1040 g/mol. The van der Waals surface area contributed by atoms with Crippen LogP contribution in [0.5, 0.6) is 0 Å². The van der Waals surface area contributed by atoms with Crippen molar-refractivity contribution in [1.82, 2.24) is 0 Å². The minimum absolute atomic E-state index is 0. The standard InChI is InChI=1S/4C6H6.3C3H8.4C2H6O3S.C2H6.2CH3.W/c4*1-2-4-6-5-3-1;3*1-3-2;4*1-2-6(3,4)5;1-2;;;/h4*1-6H;3*3H2,1-2H3;4*2H2,1H3,(H,3,4,5);1-2H3;2*1H3;/q;;;;;;;;;;;;2*-1;+2. The van der Waals surface area contributed by atoms with Crippen LogP contribution in [0.15, 0.2) is 146 Å². The predicted octanol–water partition coefficient (Wildman–Crippen LogP) is 12.5. The Morgan fingerprint density at radius 3 is 0.306 bits per heavy atom. The largest absolute Gasteiger partial charge is 2.00 e. The second kappa shape index (κ2) is 69.9. The van der Waals surface area contributed by atoms with E-state index in [-0.39, 0.29) is 58.9 Å². The van der Waals surface area contributed by atoms with Crippen molar-refractivity contribution in [1.29, 1.82) is 0 Å². The average Bonchev–Trinajstić information content (AvgIpc) is 3.23. The second-order valence-corrected chi connectivity index (χ2v) is 17.2. The van der Waals surface area contributed by atoms with Crippen molar-refractivity contribution in [2.75, 3.05) is 23.0 Å². The van der Waals surface area contributed by atoms with E-state index >= 15 is 0 Å². The van der Waals surface area contributed by atoms with Crippen molar-refractivity contribution < 1.29 is 72.9 Å². The molecule has 0 unspecified atom stereocenters. The molecule has 0 saturated heterocycles. The molecule has 4 rings (SSSR count). The van der Waals surface area contributed by atoms with Crippen LogP contribution in [0.1, 0.15) is 102 Å². The van der Waals surface area contributed by atoms with Gasteiger partial charge < -0.3 is 14.9 Å². The van der Waals surface area contributed by atoms with Gasteiger partial charge in [-0.25, -0.2) is 0 Å². The SMILES string of the molecule is CC.CCC.CCC.CCC.CCS(=O)(=O)O.CCS(=O)(=O)O.CCS(=O)(=O)O.CCS(=O)(=O)O.[CH3-].[CH3-].[W+2].c1ccccc1.c1ccccc1.c1ccccc1.c1ccccc1. The van der Waals surface area contributed by atoms with Crippen LogP contribution in [0, 0.1) is 14.9 Å². The molecular formula is C45H84O12S4W. The van der Waals surface area contributed by atoms with Crippen molar-refractivity contribution in [2.45, 2.75) is 102 Å². The number of hydrogen-bond acceptors (Lipinski definition) is 8. The quantitative estimate of drug-likeness (QED) is 0.111.